The molecule has 184 valence electrons. The van der Waals surface area contributed by atoms with Crippen molar-refractivity contribution in [1.29, 1.82) is 0 Å². The standard InChI is InChI=1S/C27H32N4O3S/c1-19-15-20(2)26(21(3)16-19)35(33,34)30-24-17-23(9-10-25(24)31-13-11-28-12-14-31)27(32)29-18-22-7-5-4-6-8-22/h4-10,15-17,28,30H,11-14,18H2,1-3H3,(H,29,32). The van der Waals surface area contributed by atoms with Gasteiger partial charge in [-0.05, 0) is 55.7 Å². The smallest absolute Gasteiger partial charge is 0.262 e. The number of benzene rings is 3. The number of piperazine rings is 1. The van der Waals surface area contributed by atoms with E-state index in [1.165, 1.54) is 0 Å². The van der Waals surface area contributed by atoms with E-state index in [1.54, 1.807) is 26.0 Å². The Hall–Kier alpha value is -3.36. The third-order valence-electron chi connectivity index (χ3n) is 6.13. The zero-order valence-corrected chi connectivity index (χ0v) is 21.2. The van der Waals surface area contributed by atoms with Gasteiger partial charge in [0, 0.05) is 38.3 Å². The third kappa shape index (κ3) is 5.83. The molecular formula is C27H32N4O3S. The molecule has 3 N–H and O–H groups in total. The van der Waals surface area contributed by atoms with Crippen molar-refractivity contribution >= 4 is 27.3 Å². The van der Waals surface area contributed by atoms with Crippen molar-refractivity contribution in [3.8, 4) is 0 Å². The predicted molar refractivity (Wildman–Crippen MR) is 141 cm³/mol. The molecule has 1 heterocycles. The number of carbonyl (C=O) groups excluding carboxylic acids is 1. The Morgan fingerprint density at radius 3 is 2.26 bits per heavy atom. The lowest BCUT2D eigenvalue weighted by molar-refractivity contribution is 0.0951. The molecule has 1 saturated heterocycles. The van der Waals surface area contributed by atoms with Crippen LogP contribution in [-0.4, -0.2) is 40.5 Å². The number of nitrogens with zero attached hydrogens (tertiary/aromatic N) is 1. The lowest BCUT2D eigenvalue weighted by Gasteiger charge is -2.31. The van der Waals surface area contributed by atoms with Crippen LogP contribution in [0.3, 0.4) is 0 Å². The second-order valence-corrected chi connectivity index (χ2v) is 10.6. The average Bonchev–Trinajstić information content (AvgIpc) is 2.82. The summed E-state index contributed by atoms with van der Waals surface area (Å²) in [5.74, 6) is -0.260. The van der Waals surface area contributed by atoms with Crippen LogP contribution in [0.15, 0.2) is 65.6 Å². The molecule has 0 aliphatic carbocycles. The summed E-state index contributed by atoms with van der Waals surface area (Å²) in [4.78, 5) is 15.3. The number of anilines is 2. The van der Waals surface area contributed by atoms with Crippen LogP contribution < -0.4 is 20.3 Å². The molecule has 0 radical (unpaired) electrons. The van der Waals surface area contributed by atoms with E-state index in [0.29, 0.717) is 28.9 Å². The highest BCUT2D eigenvalue weighted by molar-refractivity contribution is 7.92. The molecule has 3 aromatic carbocycles. The molecule has 1 amide bonds. The summed E-state index contributed by atoms with van der Waals surface area (Å²) in [6, 6.07) is 18.6. The number of amides is 1. The summed E-state index contributed by atoms with van der Waals surface area (Å²) < 4.78 is 29.9. The first kappa shape index (κ1) is 24.8. The van der Waals surface area contributed by atoms with Gasteiger partial charge < -0.3 is 15.5 Å². The molecule has 1 aliphatic heterocycles. The Kier molecular flexibility index (Phi) is 7.42. The summed E-state index contributed by atoms with van der Waals surface area (Å²) >= 11 is 0. The zero-order chi connectivity index (χ0) is 25.0. The molecule has 0 atom stereocenters. The molecule has 8 heteroatoms. The lowest BCUT2D eigenvalue weighted by Crippen LogP contribution is -2.43. The molecule has 4 rings (SSSR count). The summed E-state index contributed by atoms with van der Waals surface area (Å²) in [5.41, 5.74) is 4.94. The third-order valence-corrected chi connectivity index (χ3v) is 7.80. The van der Waals surface area contributed by atoms with Crippen LogP contribution in [0.2, 0.25) is 0 Å². The van der Waals surface area contributed by atoms with Crippen LogP contribution >= 0.6 is 0 Å². The molecule has 7 nitrogen and oxygen atoms in total. The van der Waals surface area contributed by atoms with Crippen molar-refractivity contribution in [2.75, 3.05) is 35.8 Å². The molecule has 35 heavy (non-hydrogen) atoms. The van der Waals surface area contributed by atoms with Gasteiger partial charge in [-0.3, -0.25) is 9.52 Å². The number of carbonyl (C=O) groups is 1. The van der Waals surface area contributed by atoms with Crippen molar-refractivity contribution in [2.45, 2.75) is 32.2 Å². The molecule has 1 fully saturated rings. The molecule has 0 aromatic heterocycles. The normalized spacial score (nSPS) is 14.0. The minimum Gasteiger partial charge on any atom is -0.367 e. The fourth-order valence-corrected chi connectivity index (χ4v) is 6.13. The van der Waals surface area contributed by atoms with Gasteiger partial charge in [-0.25, -0.2) is 8.42 Å². The van der Waals surface area contributed by atoms with Gasteiger partial charge in [0.2, 0.25) is 0 Å². The number of hydrogen-bond donors (Lipinski definition) is 3. The van der Waals surface area contributed by atoms with E-state index in [1.807, 2.05) is 55.5 Å². The second kappa shape index (κ2) is 10.5. The van der Waals surface area contributed by atoms with Gasteiger partial charge in [0.1, 0.15) is 0 Å². The lowest BCUT2D eigenvalue weighted by atomic mass is 10.1. The molecule has 0 saturated carbocycles. The van der Waals surface area contributed by atoms with Crippen molar-refractivity contribution in [2.24, 2.45) is 0 Å². The van der Waals surface area contributed by atoms with Crippen LogP contribution in [0.4, 0.5) is 11.4 Å². The molecule has 3 aromatic rings. The largest absolute Gasteiger partial charge is 0.367 e. The fourth-order valence-electron chi connectivity index (χ4n) is 4.61. The summed E-state index contributed by atoms with van der Waals surface area (Å²) in [6.07, 6.45) is 0. The fraction of sp³-hybridized carbons (Fsp3) is 0.296. The predicted octanol–water partition coefficient (Wildman–Crippen LogP) is 3.75. The van der Waals surface area contributed by atoms with E-state index in [-0.39, 0.29) is 10.8 Å². The minimum absolute atomic E-state index is 0.260. The first-order valence-electron chi connectivity index (χ1n) is 11.8. The molecule has 1 aliphatic rings. The second-order valence-electron chi connectivity index (χ2n) is 8.97. The van der Waals surface area contributed by atoms with E-state index >= 15 is 0 Å². The molecule has 0 spiro atoms. The van der Waals surface area contributed by atoms with Crippen LogP contribution in [0.5, 0.6) is 0 Å². The van der Waals surface area contributed by atoms with Crippen molar-refractivity contribution in [3.63, 3.8) is 0 Å². The summed E-state index contributed by atoms with van der Waals surface area (Å²) in [7, 11) is -3.87. The highest BCUT2D eigenvalue weighted by atomic mass is 32.2. The maximum absolute atomic E-state index is 13.5. The Morgan fingerprint density at radius 2 is 1.60 bits per heavy atom. The van der Waals surface area contributed by atoms with Gasteiger partial charge in [-0.1, -0.05) is 48.0 Å². The molecule has 0 unspecified atom stereocenters. The number of rotatable bonds is 7. The Morgan fingerprint density at radius 1 is 0.943 bits per heavy atom. The van der Waals surface area contributed by atoms with E-state index in [4.69, 9.17) is 0 Å². The quantitative estimate of drug-likeness (QED) is 0.467. The van der Waals surface area contributed by atoms with E-state index in [9.17, 15) is 13.2 Å². The Labute approximate surface area is 207 Å². The van der Waals surface area contributed by atoms with Gasteiger partial charge in [0.05, 0.1) is 16.3 Å². The van der Waals surface area contributed by atoms with Gasteiger partial charge in [0.15, 0.2) is 0 Å². The van der Waals surface area contributed by atoms with Gasteiger partial charge in [0.25, 0.3) is 15.9 Å². The number of sulfonamides is 1. The topological polar surface area (TPSA) is 90.5 Å². The van der Waals surface area contributed by atoms with Crippen LogP contribution in [-0.2, 0) is 16.6 Å². The number of hydrogen-bond acceptors (Lipinski definition) is 5. The van der Waals surface area contributed by atoms with Crippen LogP contribution in [0, 0.1) is 20.8 Å². The van der Waals surface area contributed by atoms with Crippen molar-refractivity contribution in [1.82, 2.24) is 10.6 Å². The minimum atomic E-state index is -3.87. The SMILES string of the molecule is Cc1cc(C)c(S(=O)(=O)Nc2cc(C(=O)NCc3ccccc3)ccc2N2CCNCC2)c(C)c1. The average molecular weight is 493 g/mol. The number of nitrogens with one attached hydrogen (secondary N) is 3. The van der Waals surface area contributed by atoms with E-state index in [0.717, 1.165) is 43.0 Å². The Bertz CT molecular complexity index is 1290. The van der Waals surface area contributed by atoms with Crippen molar-refractivity contribution < 1.29 is 13.2 Å². The highest BCUT2D eigenvalue weighted by Crippen LogP contribution is 2.31. The maximum Gasteiger partial charge on any atom is 0.262 e. The van der Waals surface area contributed by atoms with Crippen LogP contribution in [0.1, 0.15) is 32.6 Å². The van der Waals surface area contributed by atoms with Crippen molar-refractivity contribution in [3.05, 3.63) is 88.5 Å². The zero-order valence-electron chi connectivity index (χ0n) is 20.4. The van der Waals surface area contributed by atoms with Crippen LogP contribution in [0.25, 0.3) is 0 Å². The number of aryl methyl sites for hydroxylation is 3. The van der Waals surface area contributed by atoms with E-state index < -0.39 is 10.0 Å². The summed E-state index contributed by atoms with van der Waals surface area (Å²) in [5, 5.41) is 6.24. The highest BCUT2D eigenvalue weighted by Gasteiger charge is 2.24. The molecular weight excluding hydrogens is 460 g/mol. The summed E-state index contributed by atoms with van der Waals surface area (Å²) in [6.45, 7) is 9.06. The van der Waals surface area contributed by atoms with E-state index in [2.05, 4.69) is 20.3 Å². The molecule has 0 bridgehead atoms. The monoisotopic (exact) mass is 492 g/mol. The van der Waals surface area contributed by atoms with Gasteiger partial charge in [-0.2, -0.15) is 0 Å². The van der Waals surface area contributed by atoms with Gasteiger partial charge >= 0.3 is 0 Å². The first-order valence-corrected chi connectivity index (χ1v) is 13.3. The Balaban J connectivity index is 1.67. The first-order chi connectivity index (χ1) is 16.7. The maximum atomic E-state index is 13.5. The van der Waals surface area contributed by atoms with Gasteiger partial charge in [-0.15, -0.1) is 0 Å².